The van der Waals surface area contributed by atoms with Gasteiger partial charge in [-0.3, -0.25) is 4.90 Å². The van der Waals surface area contributed by atoms with E-state index in [0.717, 1.165) is 22.6 Å². The predicted molar refractivity (Wildman–Crippen MR) is 72.4 cm³/mol. The van der Waals surface area contributed by atoms with Gasteiger partial charge in [0, 0.05) is 6.04 Å². The van der Waals surface area contributed by atoms with E-state index in [4.69, 9.17) is 4.74 Å². The van der Waals surface area contributed by atoms with Crippen molar-refractivity contribution < 1.29 is 9.53 Å². The standard InChI is InChI=1S/C14H20N2O2/c1-9(2)15-14(17)16-5-6-18-12-8-10(3)7-11(4)13(12)16/h7-9H,5-6H2,1-4H3,(H,15,17). The molecule has 4 nitrogen and oxygen atoms in total. The number of hydrogen-bond donors (Lipinski definition) is 1. The van der Waals surface area contributed by atoms with E-state index in [1.54, 1.807) is 4.90 Å². The van der Waals surface area contributed by atoms with Crippen LogP contribution in [-0.2, 0) is 0 Å². The first-order valence-corrected chi connectivity index (χ1v) is 6.31. The zero-order chi connectivity index (χ0) is 13.3. The Morgan fingerprint density at radius 1 is 1.39 bits per heavy atom. The molecule has 1 N–H and O–H groups in total. The maximum atomic E-state index is 12.2. The van der Waals surface area contributed by atoms with Gasteiger partial charge in [0.1, 0.15) is 12.4 Å². The molecule has 1 aromatic carbocycles. The van der Waals surface area contributed by atoms with Crippen LogP contribution in [0.25, 0.3) is 0 Å². The van der Waals surface area contributed by atoms with Crippen molar-refractivity contribution in [1.29, 1.82) is 0 Å². The summed E-state index contributed by atoms with van der Waals surface area (Å²) < 4.78 is 5.65. The van der Waals surface area contributed by atoms with Gasteiger partial charge in [-0.1, -0.05) is 6.07 Å². The molecule has 1 heterocycles. The summed E-state index contributed by atoms with van der Waals surface area (Å²) in [7, 11) is 0. The van der Waals surface area contributed by atoms with Crippen LogP contribution in [-0.4, -0.2) is 25.2 Å². The maximum Gasteiger partial charge on any atom is 0.322 e. The van der Waals surface area contributed by atoms with Gasteiger partial charge in [0.25, 0.3) is 0 Å². The van der Waals surface area contributed by atoms with Gasteiger partial charge in [-0.05, 0) is 44.9 Å². The number of hydrogen-bond acceptors (Lipinski definition) is 2. The Kier molecular flexibility index (Phi) is 3.45. The maximum absolute atomic E-state index is 12.2. The number of rotatable bonds is 1. The van der Waals surface area contributed by atoms with E-state index in [9.17, 15) is 4.79 Å². The molecule has 0 fully saturated rings. The van der Waals surface area contributed by atoms with Crippen LogP contribution in [0.3, 0.4) is 0 Å². The summed E-state index contributed by atoms with van der Waals surface area (Å²) in [6, 6.07) is 4.14. The molecule has 0 spiro atoms. The minimum absolute atomic E-state index is 0.0542. The van der Waals surface area contributed by atoms with Gasteiger partial charge in [-0.2, -0.15) is 0 Å². The minimum atomic E-state index is -0.0542. The van der Waals surface area contributed by atoms with Gasteiger partial charge < -0.3 is 10.1 Å². The van der Waals surface area contributed by atoms with Crippen molar-refractivity contribution in [3.8, 4) is 5.75 Å². The number of benzene rings is 1. The zero-order valence-corrected chi connectivity index (χ0v) is 11.4. The van der Waals surface area contributed by atoms with Crippen LogP contribution >= 0.6 is 0 Å². The molecule has 4 heteroatoms. The number of carbonyl (C=O) groups is 1. The highest BCUT2D eigenvalue weighted by Gasteiger charge is 2.25. The average molecular weight is 248 g/mol. The molecule has 0 saturated heterocycles. The SMILES string of the molecule is Cc1cc(C)c2c(c1)OCCN2C(=O)NC(C)C. The Morgan fingerprint density at radius 3 is 2.78 bits per heavy atom. The van der Waals surface area contributed by atoms with E-state index < -0.39 is 0 Å². The molecule has 0 aliphatic carbocycles. The highest BCUT2D eigenvalue weighted by atomic mass is 16.5. The summed E-state index contributed by atoms with van der Waals surface area (Å²) in [6.45, 7) is 9.10. The normalized spacial score (nSPS) is 14.2. The molecule has 18 heavy (non-hydrogen) atoms. The molecule has 0 unspecified atom stereocenters. The number of nitrogens with zero attached hydrogens (tertiary/aromatic N) is 1. The van der Waals surface area contributed by atoms with Crippen LogP contribution in [0.5, 0.6) is 5.75 Å². The summed E-state index contributed by atoms with van der Waals surface area (Å²) in [6.07, 6.45) is 0. The van der Waals surface area contributed by atoms with Crippen LogP contribution in [0.2, 0.25) is 0 Å². The lowest BCUT2D eigenvalue weighted by Gasteiger charge is -2.32. The molecule has 2 rings (SSSR count). The van der Waals surface area contributed by atoms with Crippen molar-refractivity contribution >= 4 is 11.7 Å². The van der Waals surface area contributed by atoms with Crippen molar-refractivity contribution in [3.05, 3.63) is 23.3 Å². The molecular weight excluding hydrogens is 228 g/mol. The molecule has 0 radical (unpaired) electrons. The van der Waals surface area contributed by atoms with Crippen molar-refractivity contribution in [2.24, 2.45) is 0 Å². The summed E-state index contributed by atoms with van der Waals surface area (Å²) in [5.41, 5.74) is 3.12. The largest absolute Gasteiger partial charge is 0.490 e. The molecule has 0 saturated carbocycles. The first-order chi connectivity index (χ1) is 8.49. The molecule has 0 atom stereocenters. The van der Waals surface area contributed by atoms with Crippen molar-refractivity contribution in [2.45, 2.75) is 33.7 Å². The number of nitrogens with one attached hydrogen (secondary N) is 1. The Morgan fingerprint density at radius 2 is 2.11 bits per heavy atom. The second-order valence-electron chi connectivity index (χ2n) is 5.03. The first kappa shape index (κ1) is 12.7. The summed E-state index contributed by atoms with van der Waals surface area (Å²) >= 11 is 0. The van der Waals surface area contributed by atoms with Crippen LogP contribution in [0.15, 0.2) is 12.1 Å². The van der Waals surface area contributed by atoms with E-state index in [2.05, 4.69) is 11.4 Å². The number of urea groups is 1. The van der Waals surface area contributed by atoms with E-state index >= 15 is 0 Å². The Balaban J connectivity index is 2.36. The summed E-state index contributed by atoms with van der Waals surface area (Å²) in [5, 5.41) is 2.93. The fourth-order valence-electron chi connectivity index (χ4n) is 2.26. The first-order valence-electron chi connectivity index (χ1n) is 6.31. The third-order valence-corrected chi connectivity index (χ3v) is 2.91. The number of amides is 2. The number of ether oxygens (including phenoxy) is 1. The minimum Gasteiger partial charge on any atom is -0.490 e. The lowest BCUT2D eigenvalue weighted by Crippen LogP contribution is -2.46. The molecule has 98 valence electrons. The van der Waals surface area contributed by atoms with Gasteiger partial charge in [-0.25, -0.2) is 4.79 Å². The smallest absolute Gasteiger partial charge is 0.322 e. The fraction of sp³-hybridized carbons (Fsp3) is 0.500. The van der Waals surface area contributed by atoms with Crippen molar-refractivity contribution in [1.82, 2.24) is 5.32 Å². The van der Waals surface area contributed by atoms with Gasteiger partial charge in [0.05, 0.1) is 12.2 Å². The molecule has 1 aromatic rings. The van der Waals surface area contributed by atoms with E-state index in [1.807, 2.05) is 33.8 Å². The zero-order valence-electron chi connectivity index (χ0n) is 11.4. The topological polar surface area (TPSA) is 41.6 Å². The lowest BCUT2D eigenvalue weighted by molar-refractivity contribution is 0.237. The predicted octanol–water partition coefficient (Wildman–Crippen LogP) is 2.62. The third-order valence-electron chi connectivity index (χ3n) is 2.91. The number of fused-ring (bicyclic) bond motifs is 1. The molecule has 0 aromatic heterocycles. The monoisotopic (exact) mass is 248 g/mol. The van der Waals surface area contributed by atoms with Crippen LogP contribution < -0.4 is 15.0 Å². The summed E-state index contributed by atoms with van der Waals surface area (Å²) in [5.74, 6) is 0.803. The number of aryl methyl sites for hydroxylation is 2. The van der Waals surface area contributed by atoms with Gasteiger partial charge in [-0.15, -0.1) is 0 Å². The highest BCUT2D eigenvalue weighted by molar-refractivity contribution is 5.95. The molecule has 0 bridgehead atoms. The lowest BCUT2D eigenvalue weighted by atomic mass is 10.1. The Labute approximate surface area is 108 Å². The van der Waals surface area contributed by atoms with Crippen LogP contribution in [0.4, 0.5) is 10.5 Å². The molecule has 2 amide bonds. The Hall–Kier alpha value is -1.71. The van der Waals surface area contributed by atoms with E-state index in [1.165, 1.54) is 0 Å². The molecule has 1 aliphatic rings. The van der Waals surface area contributed by atoms with E-state index in [0.29, 0.717) is 13.2 Å². The fourth-order valence-corrected chi connectivity index (χ4v) is 2.26. The van der Waals surface area contributed by atoms with Crippen molar-refractivity contribution in [2.75, 3.05) is 18.1 Å². The van der Waals surface area contributed by atoms with Crippen molar-refractivity contribution in [3.63, 3.8) is 0 Å². The molecule has 1 aliphatic heterocycles. The quantitative estimate of drug-likeness (QED) is 0.830. The van der Waals surface area contributed by atoms with E-state index in [-0.39, 0.29) is 12.1 Å². The van der Waals surface area contributed by atoms with Crippen LogP contribution in [0.1, 0.15) is 25.0 Å². The third kappa shape index (κ3) is 2.42. The summed E-state index contributed by atoms with van der Waals surface area (Å²) in [4.78, 5) is 13.9. The van der Waals surface area contributed by atoms with Crippen LogP contribution in [0, 0.1) is 13.8 Å². The second kappa shape index (κ2) is 4.88. The number of carbonyl (C=O) groups excluding carboxylic acids is 1. The highest BCUT2D eigenvalue weighted by Crippen LogP contribution is 2.35. The van der Waals surface area contributed by atoms with Gasteiger partial charge >= 0.3 is 6.03 Å². The van der Waals surface area contributed by atoms with Gasteiger partial charge in [0.2, 0.25) is 0 Å². The van der Waals surface area contributed by atoms with Gasteiger partial charge in [0.15, 0.2) is 0 Å². The average Bonchev–Trinajstić information content (AvgIpc) is 2.26. The Bertz CT molecular complexity index is 469. The molecular formula is C14H20N2O2. The second-order valence-corrected chi connectivity index (χ2v) is 5.03. The number of anilines is 1.